The largest absolute Gasteiger partial charge is 0.480 e. The van der Waals surface area contributed by atoms with Crippen LogP contribution in [0.3, 0.4) is 0 Å². The second-order valence-electron chi connectivity index (χ2n) is 9.12. The van der Waals surface area contributed by atoms with E-state index in [0.29, 0.717) is 0 Å². The monoisotopic (exact) mass is 466 g/mol. The van der Waals surface area contributed by atoms with Gasteiger partial charge in [-0.3, -0.25) is 4.79 Å². The molecule has 0 spiro atoms. The van der Waals surface area contributed by atoms with E-state index in [1.165, 1.54) is 11.1 Å². The van der Waals surface area contributed by atoms with Crippen molar-refractivity contribution in [1.82, 2.24) is 10.6 Å². The molecular formula is C26H30N2O6. The van der Waals surface area contributed by atoms with Gasteiger partial charge in [-0.15, -0.1) is 0 Å². The molecule has 8 nitrogen and oxygen atoms in total. The molecule has 2 aromatic carbocycles. The first-order valence-corrected chi connectivity index (χ1v) is 11.6. The van der Waals surface area contributed by atoms with Gasteiger partial charge in [0.1, 0.15) is 13.2 Å². The molecule has 1 atom stereocenters. The number of carbonyl (C=O) groups is 3. The number of rotatable bonds is 11. The van der Waals surface area contributed by atoms with E-state index in [1.54, 1.807) is 0 Å². The maximum absolute atomic E-state index is 12.8. The Bertz CT molecular complexity index is 1020. The van der Waals surface area contributed by atoms with Gasteiger partial charge in [0.25, 0.3) is 0 Å². The van der Waals surface area contributed by atoms with Crippen LogP contribution < -0.4 is 10.6 Å². The first kappa shape index (κ1) is 23.8. The zero-order valence-corrected chi connectivity index (χ0v) is 19.2. The summed E-state index contributed by atoms with van der Waals surface area (Å²) in [5.74, 6) is -1.10. The predicted molar refractivity (Wildman–Crippen MR) is 125 cm³/mol. The topological polar surface area (TPSA) is 114 Å². The van der Waals surface area contributed by atoms with Crippen LogP contribution in [0.1, 0.15) is 43.2 Å². The molecule has 8 heteroatoms. The van der Waals surface area contributed by atoms with Crippen molar-refractivity contribution in [3.8, 4) is 11.1 Å². The van der Waals surface area contributed by atoms with Gasteiger partial charge in [-0.05, 0) is 47.9 Å². The first-order valence-electron chi connectivity index (χ1n) is 11.6. The Hall–Kier alpha value is -3.39. The Labute approximate surface area is 198 Å². The minimum Gasteiger partial charge on any atom is -0.480 e. The van der Waals surface area contributed by atoms with Crippen molar-refractivity contribution in [2.45, 2.75) is 37.6 Å². The van der Waals surface area contributed by atoms with Gasteiger partial charge in [0.2, 0.25) is 5.91 Å². The molecule has 4 rings (SSSR count). The number of ether oxygens (including phenoxy) is 2. The SMILES string of the molecule is CC(CC(=O)NCCOCC(=O)O)(NC(=O)OCC1c2ccccc2-c2ccccc21)C1CC1. The van der Waals surface area contributed by atoms with E-state index in [4.69, 9.17) is 14.6 Å². The molecule has 34 heavy (non-hydrogen) atoms. The lowest BCUT2D eigenvalue weighted by atomic mass is 9.91. The number of fused-ring (bicyclic) bond motifs is 3. The van der Waals surface area contributed by atoms with Gasteiger partial charge in [-0.1, -0.05) is 48.5 Å². The van der Waals surface area contributed by atoms with Gasteiger partial charge in [0, 0.05) is 18.9 Å². The maximum atomic E-state index is 12.8. The van der Waals surface area contributed by atoms with Crippen molar-refractivity contribution in [1.29, 1.82) is 0 Å². The third kappa shape index (κ3) is 5.56. The Morgan fingerprint density at radius 2 is 1.65 bits per heavy atom. The molecule has 2 aromatic rings. The smallest absolute Gasteiger partial charge is 0.407 e. The summed E-state index contributed by atoms with van der Waals surface area (Å²) in [5, 5.41) is 14.2. The Kier molecular flexibility index (Phi) is 7.17. The number of hydrogen-bond donors (Lipinski definition) is 3. The molecule has 0 aliphatic heterocycles. The standard InChI is InChI=1S/C26H30N2O6/c1-26(17-10-11-17,14-23(29)27-12-13-33-16-24(30)31)28-25(32)34-15-22-20-8-4-2-6-18(20)19-7-3-5-9-21(19)22/h2-9,17,22H,10-16H2,1H3,(H,27,29)(H,28,32)(H,30,31). The Morgan fingerprint density at radius 3 is 2.24 bits per heavy atom. The van der Waals surface area contributed by atoms with Crippen molar-refractivity contribution in [3.05, 3.63) is 59.7 Å². The van der Waals surface area contributed by atoms with Crippen LogP contribution >= 0.6 is 0 Å². The van der Waals surface area contributed by atoms with Crippen LogP contribution in [0.5, 0.6) is 0 Å². The average molecular weight is 467 g/mol. The van der Waals surface area contributed by atoms with Crippen LogP contribution in [0.4, 0.5) is 4.79 Å². The number of amides is 2. The lowest BCUT2D eigenvalue weighted by molar-refractivity contribution is -0.142. The molecule has 0 aromatic heterocycles. The van der Waals surface area contributed by atoms with Crippen LogP contribution in [-0.2, 0) is 19.1 Å². The normalized spacial score (nSPS) is 16.1. The van der Waals surface area contributed by atoms with Crippen molar-refractivity contribution in [2.24, 2.45) is 5.92 Å². The third-order valence-corrected chi connectivity index (χ3v) is 6.53. The summed E-state index contributed by atoms with van der Waals surface area (Å²) in [5.41, 5.74) is 3.91. The number of nitrogens with one attached hydrogen (secondary N) is 2. The highest BCUT2D eigenvalue weighted by atomic mass is 16.5. The number of alkyl carbamates (subject to hydrolysis) is 1. The second-order valence-corrected chi connectivity index (χ2v) is 9.12. The molecule has 1 unspecified atom stereocenters. The molecule has 180 valence electrons. The van der Waals surface area contributed by atoms with E-state index in [2.05, 4.69) is 34.9 Å². The van der Waals surface area contributed by atoms with Crippen LogP contribution in [0, 0.1) is 5.92 Å². The van der Waals surface area contributed by atoms with E-state index in [1.807, 2.05) is 31.2 Å². The number of carboxylic acid groups (broad SMARTS) is 1. The molecule has 2 aliphatic rings. The number of carboxylic acids is 1. The van der Waals surface area contributed by atoms with Crippen molar-refractivity contribution in [3.63, 3.8) is 0 Å². The minimum atomic E-state index is -1.06. The highest BCUT2D eigenvalue weighted by Gasteiger charge is 2.44. The predicted octanol–water partition coefficient (Wildman–Crippen LogP) is 3.30. The van der Waals surface area contributed by atoms with Crippen LogP contribution in [0.2, 0.25) is 0 Å². The summed E-state index contributed by atoms with van der Waals surface area (Å²) in [6.07, 6.45) is 1.46. The van der Waals surface area contributed by atoms with E-state index < -0.39 is 24.2 Å². The molecule has 1 fully saturated rings. The average Bonchev–Trinajstić information content (AvgIpc) is 3.61. The molecular weight excluding hydrogens is 436 g/mol. The van der Waals surface area contributed by atoms with E-state index in [9.17, 15) is 14.4 Å². The van der Waals surface area contributed by atoms with E-state index >= 15 is 0 Å². The number of carbonyl (C=O) groups excluding carboxylic acids is 2. The van der Waals surface area contributed by atoms with Gasteiger partial charge in [-0.25, -0.2) is 9.59 Å². The molecule has 0 saturated heterocycles. The van der Waals surface area contributed by atoms with Gasteiger partial charge in [0.15, 0.2) is 0 Å². The fraction of sp³-hybridized carbons (Fsp3) is 0.423. The summed E-state index contributed by atoms with van der Waals surface area (Å²) in [6.45, 7) is 2.00. The van der Waals surface area contributed by atoms with Crippen LogP contribution in [0.15, 0.2) is 48.5 Å². The zero-order valence-electron chi connectivity index (χ0n) is 19.2. The minimum absolute atomic E-state index is 0.0283. The van der Waals surface area contributed by atoms with Gasteiger partial charge < -0.3 is 25.2 Å². The number of benzene rings is 2. The molecule has 3 N–H and O–H groups in total. The number of aliphatic carboxylic acids is 1. The fourth-order valence-electron chi connectivity index (χ4n) is 4.70. The van der Waals surface area contributed by atoms with Gasteiger partial charge >= 0.3 is 12.1 Å². The van der Waals surface area contributed by atoms with Crippen LogP contribution in [-0.4, -0.2) is 55.0 Å². The summed E-state index contributed by atoms with van der Waals surface area (Å²) in [7, 11) is 0. The van der Waals surface area contributed by atoms with Crippen LogP contribution in [0.25, 0.3) is 11.1 Å². The van der Waals surface area contributed by atoms with E-state index in [-0.39, 0.29) is 43.9 Å². The summed E-state index contributed by atoms with van der Waals surface area (Å²) >= 11 is 0. The summed E-state index contributed by atoms with van der Waals surface area (Å²) in [6, 6.07) is 16.3. The quantitative estimate of drug-likeness (QED) is 0.438. The fourth-order valence-corrected chi connectivity index (χ4v) is 4.70. The maximum Gasteiger partial charge on any atom is 0.407 e. The molecule has 2 aliphatic carbocycles. The zero-order chi connectivity index (χ0) is 24.1. The lowest BCUT2D eigenvalue weighted by Crippen LogP contribution is -2.51. The van der Waals surface area contributed by atoms with Gasteiger partial charge in [-0.2, -0.15) is 0 Å². The lowest BCUT2D eigenvalue weighted by Gasteiger charge is -2.30. The van der Waals surface area contributed by atoms with Gasteiger partial charge in [0.05, 0.1) is 12.1 Å². The summed E-state index contributed by atoms with van der Waals surface area (Å²) < 4.78 is 10.6. The Balaban J connectivity index is 1.31. The molecule has 0 radical (unpaired) electrons. The molecule has 0 heterocycles. The highest BCUT2D eigenvalue weighted by molar-refractivity contribution is 5.80. The highest BCUT2D eigenvalue weighted by Crippen LogP contribution is 2.45. The van der Waals surface area contributed by atoms with Crippen molar-refractivity contribution >= 4 is 18.0 Å². The van der Waals surface area contributed by atoms with Crippen molar-refractivity contribution < 1.29 is 29.0 Å². The third-order valence-electron chi connectivity index (χ3n) is 6.53. The number of hydrogen-bond acceptors (Lipinski definition) is 5. The molecule has 2 amide bonds. The van der Waals surface area contributed by atoms with E-state index in [0.717, 1.165) is 24.0 Å². The first-order chi connectivity index (χ1) is 16.4. The molecule has 0 bridgehead atoms. The second kappa shape index (κ2) is 10.3. The summed E-state index contributed by atoms with van der Waals surface area (Å²) in [4.78, 5) is 35.7. The molecule has 1 saturated carbocycles. The Morgan fingerprint density at radius 1 is 1.03 bits per heavy atom. The van der Waals surface area contributed by atoms with Crippen molar-refractivity contribution in [2.75, 3.05) is 26.4 Å².